The highest BCUT2D eigenvalue weighted by atomic mass is 16.5. The van der Waals surface area contributed by atoms with Crippen molar-refractivity contribution in [2.45, 2.75) is 13.0 Å². The van der Waals surface area contributed by atoms with E-state index in [-0.39, 0.29) is 18.6 Å². The van der Waals surface area contributed by atoms with E-state index in [1.807, 2.05) is 6.92 Å². The predicted octanol–water partition coefficient (Wildman–Crippen LogP) is 1.02. The number of quaternary nitrogens is 1. The Balaban J connectivity index is 1.64. The standard InChI is InChI=1S/C22H25N3O3/c1-17-6-8-18(9-7-17)20(15-25-10-12-27-13-11-25)24-22(26)16-28-21-5-3-2-4-19(21)14-23/h2-9,20H,10-13,15-16H2,1H3,(H,24,26)/p+1/t20-/m0/s1. The molecule has 0 aliphatic carbocycles. The van der Waals surface area contributed by atoms with Crippen LogP contribution in [0.2, 0.25) is 0 Å². The molecule has 6 nitrogen and oxygen atoms in total. The van der Waals surface area contributed by atoms with Gasteiger partial charge in [-0.2, -0.15) is 5.26 Å². The summed E-state index contributed by atoms with van der Waals surface area (Å²) in [5.41, 5.74) is 2.68. The molecule has 0 unspecified atom stereocenters. The number of morpholine rings is 1. The zero-order valence-electron chi connectivity index (χ0n) is 16.1. The number of hydrogen-bond donors (Lipinski definition) is 2. The van der Waals surface area contributed by atoms with Crippen molar-refractivity contribution in [1.29, 1.82) is 5.26 Å². The van der Waals surface area contributed by atoms with Crippen LogP contribution in [-0.4, -0.2) is 45.4 Å². The first-order valence-corrected chi connectivity index (χ1v) is 9.55. The SMILES string of the molecule is Cc1ccc([C@H](C[NH+]2CCOCC2)NC(=O)COc2ccccc2C#N)cc1. The van der Waals surface area contributed by atoms with Crippen LogP contribution in [0.25, 0.3) is 0 Å². The second-order valence-corrected chi connectivity index (χ2v) is 6.99. The number of carbonyl (C=O) groups is 1. The van der Waals surface area contributed by atoms with Gasteiger partial charge in [0, 0.05) is 0 Å². The molecule has 146 valence electrons. The van der Waals surface area contributed by atoms with Crippen molar-refractivity contribution in [3.8, 4) is 11.8 Å². The molecule has 0 saturated carbocycles. The minimum absolute atomic E-state index is 0.101. The second-order valence-electron chi connectivity index (χ2n) is 6.99. The molecular weight excluding hydrogens is 354 g/mol. The van der Waals surface area contributed by atoms with Crippen molar-refractivity contribution >= 4 is 5.91 Å². The van der Waals surface area contributed by atoms with Gasteiger partial charge in [-0.1, -0.05) is 42.0 Å². The van der Waals surface area contributed by atoms with E-state index in [0.29, 0.717) is 11.3 Å². The average Bonchev–Trinajstić information content (AvgIpc) is 2.73. The molecule has 3 rings (SSSR count). The van der Waals surface area contributed by atoms with Crippen LogP contribution in [0.15, 0.2) is 48.5 Å². The average molecular weight is 380 g/mol. The number of aryl methyl sites for hydroxylation is 1. The summed E-state index contributed by atoms with van der Waals surface area (Å²) >= 11 is 0. The van der Waals surface area contributed by atoms with Crippen molar-refractivity contribution < 1.29 is 19.2 Å². The van der Waals surface area contributed by atoms with Crippen molar-refractivity contribution in [2.75, 3.05) is 39.5 Å². The number of amides is 1. The third-order valence-electron chi connectivity index (χ3n) is 4.87. The molecule has 0 radical (unpaired) electrons. The fourth-order valence-electron chi connectivity index (χ4n) is 3.27. The van der Waals surface area contributed by atoms with Gasteiger partial charge in [-0.15, -0.1) is 0 Å². The Labute approximate surface area is 165 Å². The minimum atomic E-state index is -0.203. The maximum Gasteiger partial charge on any atom is 0.258 e. The Bertz CT molecular complexity index is 824. The van der Waals surface area contributed by atoms with Gasteiger partial charge in [0.05, 0.1) is 18.8 Å². The maximum absolute atomic E-state index is 12.6. The molecule has 0 aromatic heterocycles. The summed E-state index contributed by atoms with van der Waals surface area (Å²) in [5, 5.41) is 12.2. The van der Waals surface area contributed by atoms with Gasteiger partial charge in [0.25, 0.3) is 5.91 Å². The third kappa shape index (κ3) is 5.56. The summed E-state index contributed by atoms with van der Waals surface area (Å²) in [6.07, 6.45) is 0. The second kappa shape index (κ2) is 9.88. The zero-order chi connectivity index (χ0) is 19.8. The van der Waals surface area contributed by atoms with Gasteiger partial charge in [-0.25, -0.2) is 0 Å². The predicted molar refractivity (Wildman–Crippen MR) is 105 cm³/mol. The highest BCUT2D eigenvalue weighted by Crippen LogP contribution is 2.17. The minimum Gasteiger partial charge on any atom is -0.482 e. The molecule has 1 heterocycles. The van der Waals surface area contributed by atoms with Crippen LogP contribution >= 0.6 is 0 Å². The molecular formula is C22H26N3O3+. The number of benzene rings is 2. The topological polar surface area (TPSA) is 75.8 Å². The van der Waals surface area contributed by atoms with Crippen LogP contribution < -0.4 is 15.0 Å². The van der Waals surface area contributed by atoms with E-state index in [2.05, 4.69) is 35.7 Å². The van der Waals surface area contributed by atoms with Gasteiger partial charge in [0.15, 0.2) is 6.61 Å². The zero-order valence-corrected chi connectivity index (χ0v) is 16.1. The highest BCUT2D eigenvalue weighted by Gasteiger charge is 2.23. The molecule has 2 N–H and O–H groups in total. The quantitative estimate of drug-likeness (QED) is 0.752. The van der Waals surface area contributed by atoms with Crippen LogP contribution in [0, 0.1) is 18.3 Å². The van der Waals surface area contributed by atoms with E-state index in [4.69, 9.17) is 14.7 Å². The third-order valence-corrected chi connectivity index (χ3v) is 4.87. The van der Waals surface area contributed by atoms with Crippen molar-refractivity contribution in [3.63, 3.8) is 0 Å². The first-order valence-electron chi connectivity index (χ1n) is 9.55. The molecule has 1 saturated heterocycles. The molecule has 6 heteroatoms. The number of nitrogens with zero attached hydrogens (tertiary/aromatic N) is 1. The number of hydrogen-bond acceptors (Lipinski definition) is 4. The van der Waals surface area contributed by atoms with Gasteiger partial charge in [-0.05, 0) is 24.6 Å². The Morgan fingerprint density at radius 3 is 2.64 bits per heavy atom. The van der Waals surface area contributed by atoms with Crippen LogP contribution in [0.5, 0.6) is 5.75 Å². The Morgan fingerprint density at radius 2 is 1.93 bits per heavy atom. The molecule has 0 spiro atoms. The fraction of sp³-hybridized carbons (Fsp3) is 0.364. The molecule has 1 atom stereocenters. The number of nitriles is 1. The van der Waals surface area contributed by atoms with E-state index >= 15 is 0 Å². The molecule has 1 aliphatic rings. The summed E-state index contributed by atoms with van der Waals surface area (Å²) in [6.45, 7) is 6.09. The van der Waals surface area contributed by atoms with Gasteiger partial charge in [0.1, 0.15) is 37.5 Å². The first kappa shape index (κ1) is 19.9. The van der Waals surface area contributed by atoms with Crippen LogP contribution in [0.1, 0.15) is 22.7 Å². The lowest BCUT2D eigenvalue weighted by molar-refractivity contribution is -0.909. The first-order chi connectivity index (χ1) is 13.7. The summed E-state index contributed by atoms with van der Waals surface area (Å²) in [7, 11) is 0. The van der Waals surface area contributed by atoms with E-state index in [1.165, 1.54) is 10.5 Å². The van der Waals surface area contributed by atoms with Crippen LogP contribution in [0.4, 0.5) is 0 Å². The fourth-order valence-corrected chi connectivity index (χ4v) is 3.27. The normalized spacial score (nSPS) is 15.4. The molecule has 1 fully saturated rings. The van der Waals surface area contributed by atoms with Gasteiger partial charge < -0.3 is 19.7 Å². The largest absolute Gasteiger partial charge is 0.482 e. The van der Waals surface area contributed by atoms with Crippen molar-refractivity contribution in [3.05, 3.63) is 65.2 Å². The van der Waals surface area contributed by atoms with E-state index in [0.717, 1.165) is 38.4 Å². The lowest BCUT2D eigenvalue weighted by atomic mass is 10.0. The Hall–Kier alpha value is -2.88. The van der Waals surface area contributed by atoms with Crippen molar-refractivity contribution in [2.24, 2.45) is 0 Å². The van der Waals surface area contributed by atoms with Gasteiger partial charge in [-0.3, -0.25) is 4.79 Å². The highest BCUT2D eigenvalue weighted by molar-refractivity contribution is 5.78. The van der Waals surface area contributed by atoms with Crippen LogP contribution in [-0.2, 0) is 9.53 Å². The molecule has 1 amide bonds. The molecule has 28 heavy (non-hydrogen) atoms. The Morgan fingerprint density at radius 1 is 1.21 bits per heavy atom. The number of carbonyl (C=O) groups excluding carboxylic acids is 1. The number of para-hydroxylation sites is 1. The number of ether oxygens (including phenoxy) is 2. The van der Waals surface area contributed by atoms with Crippen molar-refractivity contribution in [1.82, 2.24) is 5.32 Å². The summed E-state index contributed by atoms with van der Waals surface area (Å²) in [5.74, 6) is 0.219. The lowest BCUT2D eigenvalue weighted by Gasteiger charge is -2.28. The lowest BCUT2D eigenvalue weighted by Crippen LogP contribution is -3.14. The maximum atomic E-state index is 12.6. The number of nitrogens with one attached hydrogen (secondary N) is 2. The smallest absolute Gasteiger partial charge is 0.258 e. The molecule has 0 bridgehead atoms. The monoisotopic (exact) mass is 380 g/mol. The summed E-state index contributed by atoms with van der Waals surface area (Å²) < 4.78 is 11.0. The van der Waals surface area contributed by atoms with E-state index < -0.39 is 0 Å². The molecule has 2 aromatic rings. The van der Waals surface area contributed by atoms with E-state index in [1.54, 1.807) is 24.3 Å². The summed E-state index contributed by atoms with van der Waals surface area (Å²) in [6, 6.07) is 17.1. The van der Waals surface area contributed by atoms with E-state index in [9.17, 15) is 4.79 Å². The van der Waals surface area contributed by atoms with Gasteiger partial charge in [0.2, 0.25) is 0 Å². The van der Waals surface area contributed by atoms with Gasteiger partial charge >= 0.3 is 0 Å². The number of rotatable bonds is 7. The molecule has 2 aromatic carbocycles. The Kier molecular flexibility index (Phi) is 7.01. The molecule has 1 aliphatic heterocycles. The van der Waals surface area contributed by atoms with Crippen LogP contribution in [0.3, 0.4) is 0 Å². The summed E-state index contributed by atoms with van der Waals surface area (Å²) in [4.78, 5) is 14.0.